The van der Waals surface area contributed by atoms with Crippen molar-refractivity contribution in [2.75, 3.05) is 33.2 Å². The van der Waals surface area contributed by atoms with Crippen molar-refractivity contribution in [1.82, 2.24) is 20.9 Å². The average molecular weight is 361 g/mol. The molecular formula is C19H31N5O2. The lowest BCUT2D eigenvalue weighted by Gasteiger charge is -2.32. The van der Waals surface area contributed by atoms with Crippen LogP contribution >= 0.6 is 0 Å². The minimum absolute atomic E-state index is 0.0272. The number of carbonyl (C=O) groups excluding carboxylic acids is 1. The summed E-state index contributed by atoms with van der Waals surface area (Å²) in [5, 5.41) is 18.9. The number of aliphatic hydroxyl groups excluding tert-OH is 1. The maximum absolute atomic E-state index is 11.5. The quantitative estimate of drug-likeness (QED) is 0.418. The van der Waals surface area contributed by atoms with Gasteiger partial charge in [-0.1, -0.05) is 24.3 Å². The van der Waals surface area contributed by atoms with Crippen LogP contribution in [0.5, 0.6) is 0 Å². The number of rotatable bonds is 7. The number of guanidine groups is 1. The molecule has 0 unspecified atom stereocenters. The lowest BCUT2D eigenvalue weighted by atomic mass is 10.1. The van der Waals surface area contributed by atoms with Crippen LogP contribution in [0.25, 0.3) is 0 Å². The Labute approximate surface area is 155 Å². The molecule has 0 radical (unpaired) electrons. The first-order valence-corrected chi connectivity index (χ1v) is 9.31. The van der Waals surface area contributed by atoms with Crippen LogP contribution in [0, 0.1) is 0 Å². The van der Waals surface area contributed by atoms with Crippen LogP contribution < -0.4 is 16.0 Å². The molecule has 0 spiro atoms. The minimum atomic E-state index is 0.0272. The molecule has 1 aromatic carbocycles. The largest absolute Gasteiger partial charge is 0.392 e. The smallest absolute Gasteiger partial charge is 0.233 e. The van der Waals surface area contributed by atoms with Crippen molar-refractivity contribution >= 4 is 11.9 Å². The van der Waals surface area contributed by atoms with E-state index in [0.29, 0.717) is 19.1 Å². The van der Waals surface area contributed by atoms with Crippen LogP contribution in [0.2, 0.25) is 0 Å². The molecule has 1 aliphatic heterocycles. The Hall–Kier alpha value is -2.12. The van der Waals surface area contributed by atoms with Crippen LogP contribution in [-0.4, -0.2) is 61.1 Å². The number of amides is 1. The molecule has 1 aromatic rings. The van der Waals surface area contributed by atoms with E-state index >= 15 is 0 Å². The summed E-state index contributed by atoms with van der Waals surface area (Å²) < 4.78 is 0. The minimum Gasteiger partial charge on any atom is -0.392 e. The number of piperidine rings is 1. The molecule has 1 fully saturated rings. The molecule has 26 heavy (non-hydrogen) atoms. The molecule has 4 N–H and O–H groups in total. The van der Waals surface area contributed by atoms with Gasteiger partial charge in [-0.15, -0.1) is 0 Å². The zero-order chi connectivity index (χ0) is 18.8. The van der Waals surface area contributed by atoms with Gasteiger partial charge in [-0.25, -0.2) is 4.99 Å². The van der Waals surface area contributed by atoms with Crippen LogP contribution in [0.4, 0.5) is 0 Å². The van der Waals surface area contributed by atoms with Crippen molar-refractivity contribution < 1.29 is 9.90 Å². The molecule has 0 bridgehead atoms. The van der Waals surface area contributed by atoms with E-state index < -0.39 is 0 Å². The fraction of sp³-hybridized carbons (Fsp3) is 0.579. The zero-order valence-corrected chi connectivity index (χ0v) is 15.8. The maximum Gasteiger partial charge on any atom is 0.233 e. The number of hydrogen-bond donors (Lipinski definition) is 4. The molecule has 1 amide bonds. The molecule has 1 saturated heterocycles. The van der Waals surface area contributed by atoms with Gasteiger partial charge in [0.15, 0.2) is 5.96 Å². The first-order valence-electron chi connectivity index (χ1n) is 9.31. The highest BCUT2D eigenvalue weighted by Crippen LogP contribution is 2.11. The highest BCUT2D eigenvalue weighted by atomic mass is 16.3. The van der Waals surface area contributed by atoms with E-state index in [-0.39, 0.29) is 12.5 Å². The number of carbonyl (C=O) groups is 1. The molecule has 7 nitrogen and oxygen atoms in total. The normalized spacial score (nSPS) is 16.3. The van der Waals surface area contributed by atoms with Gasteiger partial charge < -0.3 is 21.1 Å². The fourth-order valence-electron chi connectivity index (χ4n) is 3.06. The Bertz CT molecular complexity index is 597. The van der Waals surface area contributed by atoms with Crippen LogP contribution in [-0.2, 0) is 17.9 Å². The fourth-order valence-corrected chi connectivity index (χ4v) is 3.06. The summed E-state index contributed by atoms with van der Waals surface area (Å²) in [6.45, 7) is 5.67. The Morgan fingerprint density at radius 1 is 1.27 bits per heavy atom. The van der Waals surface area contributed by atoms with Gasteiger partial charge in [0.1, 0.15) is 0 Å². The van der Waals surface area contributed by atoms with Crippen molar-refractivity contribution in [3.8, 4) is 0 Å². The second-order valence-corrected chi connectivity index (χ2v) is 6.49. The molecule has 2 rings (SSSR count). The van der Waals surface area contributed by atoms with Crippen LogP contribution in [0.3, 0.4) is 0 Å². The lowest BCUT2D eigenvalue weighted by Crippen LogP contribution is -2.50. The van der Waals surface area contributed by atoms with Crippen molar-refractivity contribution in [1.29, 1.82) is 0 Å². The molecule has 0 aliphatic carbocycles. The third kappa shape index (κ3) is 6.31. The van der Waals surface area contributed by atoms with E-state index in [1.807, 2.05) is 31.2 Å². The Morgan fingerprint density at radius 3 is 2.58 bits per heavy atom. The van der Waals surface area contributed by atoms with Gasteiger partial charge in [0, 0.05) is 32.7 Å². The summed E-state index contributed by atoms with van der Waals surface area (Å²) in [5.41, 5.74) is 1.95. The van der Waals surface area contributed by atoms with Gasteiger partial charge in [-0.3, -0.25) is 9.69 Å². The van der Waals surface area contributed by atoms with Gasteiger partial charge in [0.25, 0.3) is 0 Å². The molecule has 0 atom stereocenters. The second kappa shape index (κ2) is 10.8. The van der Waals surface area contributed by atoms with Crippen molar-refractivity contribution in [2.24, 2.45) is 4.99 Å². The number of nitrogens with zero attached hydrogens (tertiary/aromatic N) is 2. The molecule has 1 heterocycles. The number of benzene rings is 1. The molecule has 1 aliphatic rings. The van der Waals surface area contributed by atoms with E-state index in [9.17, 15) is 9.90 Å². The van der Waals surface area contributed by atoms with Gasteiger partial charge in [0.2, 0.25) is 5.91 Å². The second-order valence-electron chi connectivity index (χ2n) is 6.49. The van der Waals surface area contributed by atoms with Crippen molar-refractivity contribution in [3.05, 3.63) is 35.4 Å². The highest BCUT2D eigenvalue weighted by Gasteiger charge is 2.21. The number of likely N-dealkylation sites (tertiary alicyclic amines) is 1. The van der Waals surface area contributed by atoms with E-state index in [1.165, 1.54) is 0 Å². The Balaban J connectivity index is 1.89. The molecule has 0 aromatic heterocycles. The topological polar surface area (TPSA) is 89.0 Å². The molecule has 144 valence electrons. The third-order valence-corrected chi connectivity index (χ3v) is 4.61. The Kier molecular flexibility index (Phi) is 8.37. The highest BCUT2D eigenvalue weighted by molar-refractivity contribution is 5.80. The molecule has 0 saturated carbocycles. The summed E-state index contributed by atoms with van der Waals surface area (Å²) in [4.78, 5) is 18.3. The summed E-state index contributed by atoms with van der Waals surface area (Å²) in [5.74, 6) is 0.860. The zero-order valence-electron chi connectivity index (χ0n) is 15.8. The molecule has 7 heteroatoms. The van der Waals surface area contributed by atoms with E-state index in [2.05, 4.69) is 25.8 Å². The predicted molar refractivity (Wildman–Crippen MR) is 104 cm³/mol. The van der Waals surface area contributed by atoms with Gasteiger partial charge in [0.05, 0.1) is 19.7 Å². The van der Waals surface area contributed by atoms with Crippen molar-refractivity contribution in [3.63, 3.8) is 0 Å². The van der Waals surface area contributed by atoms with E-state index in [1.54, 1.807) is 7.05 Å². The first kappa shape index (κ1) is 20.2. The van der Waals surface area contributed by atoms with E-state index in [0.717, 1.165) is 49.6 Å². The summed E-state index contributed by atoms with van der Waals surface area (Å²) in [7, 11) is 1.67. The number of likely N-dealkylation sites (N-methyl/N-ethyl adjacent to an activating group) is 1. The van der Waals surface area contributed by atoms with Gasteiger partial charge >= 0.3 is 0 Å². The Morgan fingerprint density at radius 2 is 1.96 bits per heavy atom. The third-order valence-electron chi connectivity index (χ3n) is 4.61. The number of hydrogen-bond acceptors (Lipinski definition) is 4. The van der Waals surface area contributed by atoms with Crippen LogP contribution in [0.15, 0.2) is 29.3 Å². The lowest BCUT2D eigenvalue weighted by molar-refractivity contribution is -0.122. The monoisotopic (exact) mass is 361 g/mol. The number of nitrogens with one attached hydrogen (secondary N) is 3. The summed E-state index contributed by atoms with van der Waals surface area (Å²) >= 11 is 0. The summed E-state index contributed by atoms with van der Waals surface area (Å²) in [6, 6.07) is 8.16. The van der Waals surface area contributed by atoms with Crippen molar-refractivity contribution in [2.45, 2.75) is 39.0 Å². The van der Waals surface area contributed by atoms with E-state index in [4.69, 9.17) is 0 Å². The van der Waals surface area contributed by atoms with Crippen LogP contribution in [0.1, 0.15) is 30.9 Å². The number of aliphatic hydroxyl groups is 1. The SMILES string of the molecule is CCNC(=NCc1ccccc1CO)NC1CCN(CC(=O)NC)CC1. The standard InChI is InChI=1S/C19H31N5O2/c1-3-21-19(22-12-15-6-4-5-7-16(15)14-25)23-17-8-10-24(11-9-17)13-18(26)20-2/h4-7,17,25H,3,8-14H2,1-2H3,(H,20,26)(H2,21,22,23). The van der Waals surface area contributed by atoms with Gasteiger partial charge in [-0.05, 0) is 30.9 Å². The number of aliphatic imine (C=N–C) groups is 1. The predicted octanol–water partition coefficient (Wildman–Crippen LogP) is 0.444. The maximum atomic E-state index is 11.5. The molecular weight excluding hydrogens is 330 g/mol. The average Bonchev–Trinajstić information content (AvgIpc) is 2.67. The summed E-state index contributed by atoms with van der Waals surface area (Å²) in [6.07, 6.45) is 1.96. The van der Waals surface area contributed by atoms with Gasteiger partial charge in [-0.2, -0.15) is 0 Å². The first-order chi connectivity index (χ1) is 12.7.